The van der Waals surface area contributed by atoms with E-state index in [1.54, 1.807) is 7.11 Å². The van der Waals surface area contributed by atoms with Gasteiger partial charge in [0.15, 0.2) is 0 Å². The van der Waals surface area contributed by atoms with Crippen molar-refractivity contribution in [1.82, 2.24) is 10.2 Å². The molecule has 0 amide bonds. The summed E-state index contributed by atoms with van der Waals surface area (Å²) in [5.74, 6) is 0. The first-order valence-corrected chi connectivity index (χ1v) is 7.34. The molecule has 0 saturated carbocycles. The standard InChI is InChI=1S/C16H26N2O2/c1-17-16(13-19,14-7-4-3-5-8-14)12-18-10-6-9-15(11-18)20-2/h3-5,7-8,15,17,19H,6,9-13H2,1-2H3. The van der Waals surface area contributed by atoms with Gasteiger partial charge in [0.25, 0.3) is 0 Å². The summed E-state index contributed by atoms with van der Waals surface area (Å²) in [5, 5.41) is 13.3. The van der Waals surface area contributed by atoms with Gasteiger partial charge in [-0.2, -0.15) is 0 Å². The highest BCUT2D eigenvalue weighted by Gasteiger charge is 2.33. The van der Waals surface area contributed by atoms with E-state index in [9.17, 15) is 5.11 Å². The topological polar surface area (TPSA) is 44.7 Å². The number of ether oxygens (including phenoxy) is 1. The Hall–Kier alpha value is -0.940. The minimum absolute atomic E-state index is 0.0850. The van der Waals surface area contributed by atoms with E-state index in [2.05, 4.69) is 22.3 Å². The van der Waals surface area contributed by atoms with Crippen LogP contribution in [-0.4, -0.2) is 56.5 Å². The molecule has 2 unspecified atom stereocenters. The number of likely N-dealkylation sites (tertiary alicyclic amines) is 1. The smallest absolute Gasteiger partial charge is 0.0795 e. The van der Waals surface area contributed by atoms with E-state index in [0.29, 0.717) is 6.10 Å². The van der Waals surface area contributed by atoms with Gasteiger partial charge in [-0.05, 0) is 32.0 Å². The predicted molar refractivity (Wildman–Crippen MR) is 80.7 cm³/mol. The molecule has 4 nitrogen and oxygen atoms in total. The maximum absolute atomic E-state index is 9.96. The average molecular weight is 278 g/mol. The maximum atomic E-state index is 9.96. The fourth-order valence-corrected chi connectivity index (χ4v) is 3.02. The number of piperidine rings is 1. The molecule has 1 saturated heterocycles. The van der Waals surface area contributed by atoms with E-state index >= 15 is 0 Å². The molecule has 1 aliphatic rings. The average Bonchev–Trinajstić information content (AvgIpc) is 2.54. The van der Waals surface area contributed by atoms with E-state index in [4.69, 9.17) is 4.74 Å². The first kappa shape index (κ1) is 15.4. The van der Waals surface area contributed by atoms with Crippen LogP contribution in [-0.2, 0) is 10.3 Å². The van der Waals surface area contributed by atoms with Crippen LogP contribution in [0.25, 0.3) is 0 Å². The van der Waals surface area contributed by atoms with Crippen molar-refractivity contribution in [1.29, 1.82) is 0 Å². The van der Waals surface area contributed by atoms with Gasteiger partial charge in [-0.3, -0.25) is 4.90 Å². The first-order valence-electron chi connectivity index (χ1n) is 7.34. The Labute approximate surface area is 121 Å². The molecule has 0 radical (unpaired) electrons. The van der Waals surface area contributed by atoms with E-state index in [1.807, 2.05) is 25.2 Å². The number of rotatable bonds is 6. The number of likely N-dealkylation sites (N-methyl/N-ethyl adjacent to an activating group) is 1. The van der Waals surface area contributed by atoms with Gasteiger partial charge >= 0.3 is 0 Å². The lowest BCUT2D eigenvalue weighted by molar-refractivity contribution is 0.0130. The van der Waals surface area contributed by atoms with Crippen molar-refractivity contribution in [2.75, 3.05) is 40.4 Å². The van der Waals surface area contributed by atoms with Crippen molar-refractivity contribution >= 4 is 0 Å². The molecule has 2 atom stereocenters. The molecule has 0 bridgehead atoms. The highest BCUT2D eigenvalue weighted by molar-refractivity contribution is 5.25. The number of aliphatic hydroxyl groups excluding tert-OH is 1. The van der Waals surface area contributed by atoms with E-state index in [-0.39, 0.29) is 6.61 Å². The van der Waals surface area contributed by atoms with Gasteiger partial charge in [-0.25, -0.2) is 0 Å². The molecule has 112 valence electrons. The van der Waals surface area contributed by atoms with Gasteiger partial charge in [0.05, 0.1) is 18.2 Å². The van der Waals surface area contributed by atoms with Gasteiger partial charge in [0.2, 0.25) is 0 Å². The lowest BCUT2D eigenvalue weighted by Gasteiger charge is -2.40. The van der Waals surface area contributed by atoms with Crippen molar-refractivity contribution in [2.45, 2.75) is 24.5 Å². The lowest BCUT2D eigenvalue weighted by atomic mass is 9.89. The summed E-state index contributed by atoms with van der Waals surface area (Å²) >= 11 is 0. The summed E-state index contributed by atoms with van der Waals surface area (Å²) in [4.78, 5) is 2.39. The SMILES string of the molecule is CNC(CO)(CN1CCCC(OC)C1)c1ccccc1. The summed E-state index contributed by atoms with van der Waals surface area (Å²) in [6.45, 7) is 2.88. The predicted octanol–water partition coefficient (Wildman–Crippen LogP) is 1.20. The number of nitrogens with zero attached hydrogens (tertiary/aromatic N) is 1. The van der Waals surface area contributed by atoms with Gasteiger partial charge in [-0.15, -0.1) is 0 Å². The summed E-state index contributed by atoms with van der Waals surface area (Å²) in [6.07, 6.45) is 2.59. The summed E-state index contributed by atoms with van der Waals surface area (Å²) < 4.78 is 5.48. The van der Waals surface area contributed by atoms with Gasteiger partial charge in [0.1, 0.15) is 0 Å². The molecule has 1 aliphatic heterocycles. The number of nitrogens with one attached hydrogen (secondary N) is 1. The van der Waals surface area contributed by atoms with Crippen LogP contribution in [0.1, 0.15) is 18.4 Å². The Morgan fingerprint density at radius 2 is 2.15 bits per heavy atom. The molecule has 0 aromatic heterocycles. The molecular formula is C16H26N2O2. The number of benzene rings is 1. The third kappa shape index (κ3) is 3.38. The zero-order chi connectivity index (χ0) is 14.4. The molecule has 2 rings (SSSR count). The van der Waals surface area contributed by atoms with Crippen LogP contribution in [0.5, 0.6) is 0 Å². The minimum Gasteiger partial charge on any atom is -0.394 e. The normalized spacial score (nSPS) is 23.4. The van der Waals surface area contributed by atoms with E-state index in [0.717, 1.165) is 38.0 Å². The highest BCUT2D eigenvalue weighted by atomic mass is 16.5. The first-order chi connectivity index (χ1) is 9.74. The van der Waals surface area contributed by atoms with Gasteiger partial charge in [-0.1, -0.05) is 30.3 Å². The molecular weight excluding hydrogens is 252 g/mol. The van der Waals surface area contributed by atoms with Gasteiger partial charge in [0, 0.05) is 20.2 Å². The molecule has 1 aromatic rings. The molecule has 0 spiro atoms. The Morgan fingerprint density at radius 1 is 1.40 bits per heavy atom. The third-order valence-electron chi connectivity index (χ3n) is 4.36. The second kappa shape index (κ2) is 7.18. The molecule has 1 heterocycles. The Balaban J connectivity index is 2.13. The minimum atomic E-state index is -0.406. The molecule has 0 aliphatic carbocycles. The second-order valence-corrected chi connectivity index (χ2v) is 5.59. The van der Waals surface area contributed by atoms with Crippen LogP contribution in [0.3, 0.4) is 0 Å². The van der Waals surface area contributed by atoms with Gasteiger partial charge < -0.3 is 15.2 Å². The van der Waals surface area contributed by atoms with Crippen molar-refractivity contribution < 1.29 is 9.84 Å². The Kier molecular flexibility index (Phi) is 5.54. The van der Waals surface area contributed by atoms with E-state index < -0.39 is 5.54 Å². The Bertz CT molecular complexity index is 393. The molecule has 2 N–H and O–H groups in total. The zero-order valence-corrected chi connectivity index (χ0v) is 12.5. The van der Waals surface area contributed by atoms with Crippen LogP contribution in [0.2, 0.25) is 0 Å². The van der Waals surface area contributed by atoms with Crippen molar-refractivity contribution in [3.63, 3.8) is 0 Å². The number of hydrogen-bond donors (Lipinski definition) is 2. The largest absolute Gasteiger partial charge is 0.394 e. The second-order valence-electron chi connectivity index (χ2n) is 5.59. The number of hydrogen-bond acceptors (Lipinski definition) is 4. The zero-order valence-electron chi connectivity index (χ0n) is 12.5. The summed E-state index contributed by atoms with van der Waals surface area (Å²) in [5.41, 5.74) is 0.723. The van der Waals surface area contributed by atoms with E-state index in [1.165, 1.54) is 0 Å². The van der Waals surface area contributed by atoms with Crippen LogP contribution in [0.15, 0.2) is 30.3 Å². The fourth-order valence-electron chi connectivity index (χ4n) is 3.02. The fraction of sp³-hybridized carbons (Fsp3) is 0.625. The highest BCUT2D eigenvalue weighted by Crippen LogP contribution is 2.24. The third-order valence-corrected chi connectivity index (χ3v) is 4.36. The molecule has 1 aromatic carbocycles. The van der Waals surface area contributed by atoms with Crippen LogP contribution in [0.4, 0.5) is 0 Å². The van der Waals surface area contributed by atoms with Crippen LogP contribution < -0.4 is 5.32 Å². The quantitative estimate of drug-likeness (QED) is 0.821. The molecule has 20 heavy (non-hydrogen) atoms. The maximum Gasteiger partial charge on any atom is 0.0795 e. The van der Waals surface area contributed by atoms with Crippen LogP contribution in [0, 0.1) is 0 Å². The van der Waals surface area contributed by atoms with Crippen molar-refractivity contribution in [3.8, 4) is 0 Å². The Morgan fingerprint density at radius 3 is 2.75 bits per heavy atom. The monoisotopic (exact) mass is 278 g/mol. The van der Waals surface area contributed by atoms with Crippen molar-refractivity contribution in [2.24, 2.45) is 0 Å². The van der Waals surface area contributed by atoms with Crippen molar-refractivity contribution in [3.05, 3.63) is 35.9 Å². The molecule has 4 heteroatoms. The van der Waals surface area contributed by atoms with Crippen LogP contribution >= 0.6 is 0 Å². The number of methoxy groups -OCH3 is 1. The summed E-state index contributed by atoms with van der Waals surface area (Å²) in [7, 11) is 3.70. The molecule has 1 fully saturated rings. The summed E-state index contributed by atoms with van der Waals surface area (Å²) in [6, 6.07) is 10.2. The number of aliphatic hydroxyl groups is 1. The lowest BCUT2D eigenvalue weighted by Crippen LogP contribution is -2.54.